The lowest BCUT2D eigenvalue weighted by molar-refractivity contribution is -0.137. The van der Waals surface area contributed by atoms with Crippen LogP contribution >= 0.6 is 11.6 Å². The minimum Gasteiger partial charge on any atom is -0.341 e. The Kier molecular flexibility index (Phi) is 5.55. The molecule has 1 fully saturated rings. The molecule has 1 aliphatic rings. The number of aromatic nitrogens is 2. The predicted octanol–water partition coefficient (Wildman–Crippen LogP) is 4.64. The van der Waals surface area contributed by atoms with Gasteiger partial charge in [-0.3, -0.25) is 4.79 Å². The Labute approximate surface area is 159 Å². The molecular weight excluding hydrogens is 381 g/mol. The van der Waals surface area contributed by atoms with Crippen LogP contribution in [0, 0.1) is 5.92 Å². The maximum Gasteiger partial charge on any atom is 0.417 e. The first kappa shape index (κ1) is 19.4. The first-order chi connectivity index (χ1) is 12.7. The van der Waals surface area contributed by atoms with Crippen LogP contribution in [0.1, 0.15) is 35.7 Å². The summed E-state index contributed by atoms with van der Waals surface area (Å²) in [5.74, 6) is 0.506. The van der Waals surface area contributed by atoms with Gasteiger partial charge in [-0.15, -0.1) is 0 Å². The normalized spacial score (nSPS) is 17.7. The average molecular weight is 399 g/mol. The van der Waals surface area contributed by atoms with Gasteiger partial charge in [0.05, 0.1) is 16.1 Å². The second kappa shape index (κ2) is 7.72. The van der Waals surface area contributed by atoms with Crippen LogP contribution in [0.2, 0.25) is 5.02 Å². The van der Waals surface area contributed by atoms with E-state index in [2.05, 4.69) is 27.1 Å². The summed E-state index contributed by atoms with van der Waals surface area (Å²) in [6, 6.07) is 3.20. The molecule has 144 valence electrons. The minimum atomic E-state index is -4.60. The fourth-order valence-corrected chi connectivity index (χ4v) is 3.22. The molecule has 1 atom stereocenters. The van der Waals surface area contributed by atoms with E-state index in [1.165, 1.54) is 18.5 Å². The van der Waals surface area contributed by atoms with Gasteiger partial charge >= 0.3 is 6.18 Å². The lowest BCUT2D eigenvalue weighted by Gasteiger charge is -2.30. The van der Waals surface area contributed by atoms with Crippen LogP contribution in [0.15, 0.2) is 30.6 Å². The van der Waals surface area contributed by atoms with Gasteiger partial charge in [0.2, 0.25) is 5.95 Å². The molecule has 5 nitrogen and oxygen atoms in total. The van der Waals surface area contributed by atoms with Crippen LogP contribution in [0.3, 0.4) is 0 Å². The molecule has 1 amide bonds. The number of carbonyl (C=O) groups excluding carboxylic acids is 1. The van der Waals surface area contributed by atoms with E-state index in [4.69, 9.17) is 11.6 Å². The molecule has 0 bridgehead atoms. The molecule has 2 heterocycles. The molecule has 1 aliphatic heterocycles. The molecule has 1 saturated heterocycles. The number of carbonyl (C=O) groups is 1. The second-order valence-corrected chi connectivity index (χ2v) is 7.02. The maximum absolute atomic E-state index is 12.9. The number of alkyl halides is 3. The number of piperidine rings is 1. The summed E-state index contributed by atoms with van der Waals surface area (Å²) >= 11 is 5.58. The van der Waals surface area contributed by atoms with Crippen molar-refractivity contribution in [1.29, 1.82) is 0 Å². The Morgan fingerprint density at radius 2 is 2.00 bits per heavy atom. The number of rotatable bonds is 3. The van der Waals surface area contributed by atoms with Gasteiger partial charge in [0.25, 0.3) is 5.91 Å². The lowest BCUT2D eigenvalue weighted by atomic mass is 10.0. The van der Waals surface area contributed by atoms with E-state index in [9.17, 15) is 18.0 Å². The van der Waals surface area contributed by atoms with Crippen LogP contribution in [-0.2, 0) is 6.18 Å². The molecule has 1 aromatic carbocycles. The SMILES string of the molecule is CC1CCCN(c2ncc(C(=O)Nc3ccc(Cl)c(C(F)(F)F)c3)cn2)C1. The number of nitrogens with zero attached hydrogens (tertiary/aromatic N) is 3. The summed E-state index contributed by atoms with van der Waals surface area (Å²) in [6.45, 7) is 3.88. The number of halogens is 4. The van der Waals surface area contributed by atoms with E-state index in [-0.39, 0.29) is 11.3 Å². The summed E-state index contributed by atoms with van der Waals surface area (Å²) in [5.41, 5.74) is -0.856. The largest absolute Gasteiger partial charge is 0.417 e. The molecular formula is C18H18ClF3N4O. The third-order valence-electron chi connectivity index (χ3n) is 4.37. The van der Waals surface area contributed by atoms with Crippen LogP contribution in [0.5, 0.6) is 0 Å². The van der Waals surface area contributed by atoms with E-state index in [1.54, 1.807) is 0 Å². The van der Waals surface area contributed by atoms with Crippen LogP contribution < -0.4 is 10.2 Å². The predicted molar refractivity (Wildman–Crippen MR) is 97.1 cm³/mol. The number of anilines is 2. The van der Waals surface area contributed by atoms with Crippen LogP contribution in [0.25, 0.3) is 0 Å². The van der Waals surface area contributed by atoms with Crippen molar-refractivity contribution in [2.45, 2.75) is 25.9 Å². The Morgan fingerprint density at radius 3 is 2.63 bits per heavy atom. The molecule has 1 N–H and O–H groups in total. The van der Waals surface area contributed by atoms with Crippen molar-refractivity contribution in [2.24, 2.45) is 5.92 Å². The molecule has 0 aliphatic carbocycles. The first-order valence-corrected chi connectivity index (χ1v) is 8.87. The quantitative estimate of drug-likeness (QED) is 0.818. The first-order valence-electron chi connectivity index (χ1n) is 8.49. The third kappa shape index (κ3) is 4.68. The molecule has 0 saturated carbocycles. The summed E-state index contributed by atoms with van der Waals surface area (Å²) in [6.07, 6.45) is 0.367. The van der Waals surface area contributed by atoms with E-state index in [0.717, 1.165) is 38.1 Å². The van der Waals surface area contributed by atoms with Crippen molar-refractivity contribution in [3.05, 3.63) is 46.7 Å². The Balaban J connectivity index is 1.71. The van der Waals surface area contributed by atoms with Gasteiger partial charge in [0.15, 0.2) is 0 Å². The number of benzene rings is 1. The highest BCUT2D eigenvalue weighted by Gasteiger charge is 2.33. The molecule has 9 heteroatoms. The summed E-state index contributed by atoms with van der Waals surface area (Å²) < 4.78 is 38.7. The van der Waals surface area contributed by atoms with Gasteiger partial charge < -0.3 is 10.2 Å². The fraction of sp³-hybridized carbons (Fsp3) is 0.389. The Hall–Kier alpha value is -2.35. The van der Waals surface area contributed by atoms with Crippen LogP contribution in [-0.4, -0.2) is 29.0 Å². The zero-order valence-corrected chi connectivity index (χ0v) is 15.3. The number of amides is 1. The zero-order valence-electron chi connectivity index (χ0n) is 14.6. The summed E-state index contributed by atoms with van der Waals surface area (Å²) in [5, 5.41) is 1.99. The minimum absolute atomic E-state index is 0.00865. The molecule has 1 aromatic heterocycles. The Bertz CT molecular complexity index is 826. The zero-order chi connectivity index (χ0) is 19.6. The van der Waals surface area contributed by atoms with Crippen molar-refractivity contribution in [2.75, 3.05) is 23.3 Å². The van der Waals surface area contributed by atoms with Gasteiger partial charge in [-0.1, -0.05) is 18.5 Å². The molecule has 0 radical (unpaired) electrons. The number of nitrogens with one attached hydrogen (secondary N) is 1. The van der Waals surface area contributed by atoms with Crippen molar-refractivity contribution in [3.63, 3.8) is 0 Å². The Morgan fingerprint density at radius 1 is 1.30 bits per heavy atom. The third-order valence-corrected chi connectivity index (χ3v) is 4.70. The van der Waals surface area contributed by atoms with Gasteiger partial charge in [-0.2, -0.15) is 13.2 Å². The highest BCUT2D eigenvalue weighted by Crippen LogP contribution is 2.36. The van der Waals surface area contributed by atoms with E-state index >= 15 is 0 Å². The van der Waals surface area contributed by atoms with Gasteiger partial charge in [0, 0.05) is 31.2 Å². The van der Waals surface area contributed by atoms with E-state index < -0.39 is 22.7 Å². The molecule has 1 unspecified atom stereocenters. The molecule has 0 spiro atoms. The topological polar surface area (TPSA) is 58.1 Å². The molecule has 3 rings (SSSR count). The number of hydrogen-bond donors (Lipinski definition) is 1. The van der Waals surface area contributed by atoms with Gasteiger partial charge in [-0.05, 0) is 37.0 Å². The second-order valence-electron chi connectivity index (χ2n) is 6.61. The van der Waals surface area contributed by atoms with Crippen molar-refractivity contribution in [3.8, 4) is 0 Å². The van der Waals surface area contributed by atoms with Crippen LogP contribution in [0.4, 0.5) is 24.8 Å². The number of hydrogen-bond acceptors (Lipinski definition) is 4. The van der Waals surface area contributed by atoms with Crippen molar-refractivity contribution >= 4 is 29.1 Å². The highest BCUT2D eigenvalue weighted by atomic mass is 35.5. The van der Waals surface area contributed by atoms with Crippen molar-refractivity contribution in [1.82, 2.24) is 9.97 Å². The fourth-order valence-electron chi connectivity index (χ4n) is 3.00. The van der Waals surface area contributed by atoms with Gasteiger partial charge in [0.1, 0.15) is 0 Å². The molecule has 2 aromatic rings. The van der Waals surface area contributed by atoms with E-state index in [1.807, 2.05) is 0 Å². The standard InChI is InChI=1S/C18H18ClF3N4O/c1-11-3-2-6-26(10-11)17-23-8-12(9-24-17)16(27)25-13-4-5-15(19)14(7-13)18(20,21)22/h4-5,7-9,11H,2-3,6,10H2,1H3,(H,25,27). The molecule has 27 heavy (non-hydrogen) atoms. The lowest BCUT2D eigenvalue weighted by Crippen LogP contribution is -2.35. The smallest absolute Gasteiger partial charge is 0.341 e. The monoisotopic (exact) mass is 398 g/mol. The van der Waals surface area contributed by atoms with E-state index in [0.29, 0.717) is 11.9 Å². The summed E-state index contributed by atoms with van der Waals surface area (Å²) in [4.78, 5) is 22.8. The average Bonchev–Trinajstić information content (AvgIpc) is 2.62. The highest BCUT2D eigenvalue weighted by molar-refractivity contribution is 6.31. The van der Waals surface area contributed by atoms with Gasteiger partial charge in [-0.25, -0.2) is 9.97 Å². The van der Waals surface area contributed by atoms with Crippen molar-refractivity contribution < 1.29 is 18.0 Å². The summed E-state index contributed by atoms with van der Waals surface area (Å²) in [7, 11) is 0. The maximum atomic E-state index is 12.9.